The molecule has 3 aromatic rings. The number of aromatic nitrogens is 6. The molecule has 2 aliphatic carbocycles. The average Bonchev–Trinajstić information content (AvgIpc) is 3.67. The van der Waals surface area contributed by atoms with E-state index in [-0.39, 0.29) is 0 Å². The van der Waals surface area contributed by atoms with E-state index >= 15 is 0 Å². The average molecular weight is 645 g/mol. The first-order chi connectivity index (χ1) is 22.1. The minimum absolute atomic E-state index is 0.365. The van der Waals surface area contributed by atoms with Crippen LogP contribution in [0.4, 0.5) is 0 Å². The van der Waals surface area contributed by atoms with Gasteiger partial charge in [-0.15, -0.1) is 10.2 Å². The number of benzene rings is 1. The fourth-order valence-corrected chi connectivity index (χ4v) is 6.23. The van der Waals surface area contributed by atoms with Crippen molar-refractivity contribution in [2.24, 2.45) is 22.9 Å². The second-order valence-electron chi connectivity index (χ2n) is 12.6. The number of hydrogen-bond acceptors (Lipinski definition) is 14. The topological polar surface area (TPSA) is 265 Å². The summed E-state index contributed by atoms with van der Waals surface area (Å²) in [6.45, 7) is 1.85. The van der Waals surface area contributed by atoms with Crippen LogP contribution in [0.2, 0.25) is 0 Å². The van der Waals surface area contributed by atoms with Crippen LogP contribution in [0.5, 0.6) is 0 Å². The molecular formula is C30H48N10O6. The molecule has 0 aliphatic heterocycles. The third-order valence-electron chi connectivity index (χ3n) is 8.81. The lowest BCUT2D eigenvalue weighted by Crippen LogP contribution is -2.62. The number of aliphatic hydroxyl groups is 4. The maximum atomic E-state index is 10.3. The van der Waals surface area contributed by atoms with E-state index in [0.717, 1.165) is 22.5 Å². The number of hydrogen-bond donors (Lipinski definition) is 8. The van der Waals surface area contributed by atoms with Gasteiger partial charge in [0.25, 0.3) is 0 Å². The van der Waals surface area contributed by atoms with Gasteiger partial charge in [0.2, 0.25) is 0 Å². The van der Waals surface area contributed by atoms with Crippen molar-refractivity contribution >= 4 is 0 Å². The molecule has 2 aromatic heterocycles. The van der Waals surface area contributed by atoms with E-state index in [0.29, 0.717) is 64.8 Å². The fraction of sp³-hybridized carbons (Fsp3) is 0.667. The van der Waals surface area contributed by atoms with Crippen molar-refractivity contribution in [2.45, 2.75) is 112 Å². The van der Waals surface area contributed by atoms with E-state index in [4.69, 9.17) is 32.4 Å². The molecule has 0 spiro atoms. The van der Waals surface area contributed by atoms with Crippen LogP contribution < -0.4 is 22.9 Å². The molecular weight excluding hydrogens is 596 g/mol. The van der Waals surface area contributed by atoms with Crippen LogP contribution >= 0.6 is 0 Å². The highest BCUT2D eigenvalue weighted by Gasteiger charge is 2.42. The van der Waals surface area contributed by atoms with E-state index in [1.165, 1.54) is 0 Å². The highest BCUT2D eigenvalue weighted by molar-refractivity contribution is 5.24. The summed E-state index contributed by atoms with van der Waals surface area (Å²) in [7, 11) is 0. The van der Waals surface area contributed by atoms with E-state index in [9.17, 15) is 20.4 Å². The molecule has 5 rings (SSSR count). The summed E-state index contributed by atoms with van der Waals surface area (Å²) < 4.78 is 15.2. The molecule has 1 aromatic carbocycles. The summed E-state index contributed by atoms with van der Waals surface area (Å²) >= 11 is 0. The van der Waals surface area contributed by atoms with Gasteiger partial charge in [0.05, 0.1) is 36.7 Å². The number of aryl methyl sites for hydroxylation is 2. The van der Waals surface area contributed by atoms with Crippen molar-refractivity contribution in [3.63, 3.8) is 0 Å². The Labute approximate surface area is 267 Å². The Morgan fingerprint density at radius 2 is 1.09 bits per heavy atom. The first-order valence-electron chi connectivity index (χ1n) is 15.9. The second kappa shape index (κ2) is 15.8. The van der Waals surface area contributed by atoms with Crippen LogP contribution in [0, 0.1) is 0 Å². The van der Waals surface area contributed by atoms with Crippen molar-refractivity contribution in [3.8, 4) is 0 Å². The Kier molecular flexibility index (Phi) is 11.8. The molecule has 1 unspecified atom stereocenters. The van der Waals surface area contributed by atoms with Gasteiger partial charge in [-0.05, 0) is 49.7 Å². The van der Waals surface area contributed by atoms with Crippen LogP contribution in [0.1, 0.15) is 48.2 Å². The third kappa shape index (κ3) is 8.71. The highest BCUT2D eigenvalue weighted by Crippen LogP contribution is 2.22. The first kappa shape index (κ1) is 34.4. The molecule has 2 aliphatic rings. The SMILES string of the molecule is N[C@@H]1C[C@H](N)[C@@H](OCCCc2cn(Cc3cccc(Cn4cc(CCCO[C@H]5[C@H](O)[C@@H](O)[C@H](N)C[C@@H]5N)nn4)c3)nn2)[C@H](O)C1O. The summed E-state index contributed by atoms with van der Waals surface area (Å²) in [5.41, 5.74) is 27.6. The summed E-state index contributed by atoms with van der Waals surface area (Å²) in [6.07, 6.45) is 1.61. The molecule has 254 valence electrons. The van der Waals surface area contributed by atoms with Gasteiger partial charge in [0.1, 0.15) is 24.4 Å². The summed E-state index contributed by atoms with van der Waals surface area (Å²) in [4.78, 5) is 0. The number of nitrogens with two attached hydrogens (primary N) is 4. The van der Waals surface area contributed by atoms with Gasteiger partial charge >= 0.3 is 0 Å². The molecule has 2 fully saturated rings. The quantitative estimate of drug-likeness (QED) is 0.0822. The van der Waals surface area contributed by atoms with E-state index in [1.54, 1.807) is 9.36 Å². The molecule has 0 amide bonds. The standard InChI is InChI=1S/C30H48N10O6/c31-21-11-23(33)29(27(43)25(21)41)45-8-2-6-19-15-39(37-35-19)13-17-4-1-5-18(10-17)14-40-16-20(36-38-40)7-3-9-46-30-24(34)12-22(32)26(42)28(30)44/h1,4-5,10,15-16,21-30,41-44H,2-3,6-9,11-14,31-34H2/t21-,22-,23+,24+,25+,26?,27-,28-,29-,30-/m1/s1. The van der Waals surface area contributed by atoms with Crippen molar-refractivity contribution in [3.05, 3.63) is 59.2 Å². The molecule has 0 bridgehead atoms. The Morgan fingerprint density at radius 1 is 0.652 bits per heavy atom. The Balaban J connectivity index is 1.03. The van der Waals surface area contributed by atoms with Crippen molar-refractivity contribution in [2.75, 3.05) is 13.2 Å². The predicted molar refractivity (Wildman–Crippen MR) is 166 cm³/mol. The Morgan fingerprint density at radius 3 is 1.52 bits per heavy atom. The van der Waals surface area contributed by atoms with E-state index in [2.05, 4.69) is 26.7 Å². The van der Waals surface area contributed by atoms with Gasteiger partial charge in [-0.2, -0.15) is 0 Å². The molecule has 2 saturated carbocycles. The van der Waals surface area contributed by atoms with Crippen LogP contribution in [0.3, 0.4) is 0 Å². The smallest absolute Gasteiger partial charge is 0.109 e. The van der Waals surface area contributed by atoms with Gasteiger partial charge in [0, 0.05) is 49.8 Å². The normalized spacial score (nSPS) is 31.7. The van der Waals surface area contributed by atoms with Gasteiger partial charge < -0.3 is 52.8 Å². The monoisotopic (exact) mass is 644 g/mol. The molecule has 0 saturated heterocycles. The molecule has 12 N–H and O–H groups in total. The van der Waals surface area contributed by atoms with Crippen molar-refractivity contribution < 1.29 is 29.9 Å². The Bertz CT molecular complexity index is 1280. The zero-order chi connectivity index (χ0) is 32.8. The predicted octanol–water partition coefficient (Wildman–Crippen LogP) is -2.84. The number of aliphatic hydroxyl groups excluding tert-OH is 4. The molecule has 16 nitrogen and oxygen atoms in total. The summed E-state index contributed by atoms with van der Waals surface area (Å²) in [5.74, 6) is 0. The van der Waals surface area contributed by atoms with Crippen LogP contribution in [-0.4, -0.2) is 124 Å². The molecule has 0 radical (unpaired) electrons. The lowest BCUT2D eigenvalue weighted by atomic mass is 9.85. The summed E-state index contributed by atoms with van der Waals surface area (Å²) in [5, 5.41) is 57.6. The third-order valence-corrected chi connectivity index (χ3v) is 8.81. The lowest BCUT2D eigenvalue weighted by molar-refractivity contribution is -0.127. The number of rotatable bonds is 14. The van der Waals surface area contributed by atoms with E-state index in [1.807, 2.05) is 30.6 Å². The molecule has 2 heterocycles. The van der Waals surface area contributed by atoms with Gasteiger partial charge in [0.15, 0.2) is 0 Å². The van der Waals surface area contributed by atoms with Gasteiger partial charge in [-0.1, -0.05) is 34.7 Å². The zero-order valence-electron chi connectivity index (χ0n) is 25.9. The van der Waals surface area contributed by atoms with Crippen LogP contribution in [0.15, 0.2) is 36.7 Å². The maximum Gasteiger partial charge on any atom is 0.109 e. The largest absolute Gasteiger partial charge is 0.389 e. The summed E-state index contributed by atoms with van der Waals surface area (Å²) in [6, 6.07) is 6.20. The Hall–Kier alpha value is -2.90. The van der Waals surface area contributed by atoms with Crippen LogP contribution in [-0.2, 0) is 35.4 Å². The zero-order valence-corrected chi connectivity index (χ0v) is 25.9. The minimum Gasteiger partial charge on any atom is -0.389 e. The number of ether oxygens (including phenoxy) is 2. The lowest BCUT2D eigenvalue weighted by Gasteiger charge is -2.39. The van der Waals surface area contributed by atoms with Crippen LogP contribution in [0.25, 0.3) is 0 Å². The number of nitrogens with zero attached hydrogens (tertiary/aromatic N) is 6. The van der Waals surface area contributed by atoms with Crippen molar-refractivity contribution in [1.29, 1.82) is 0 Å². The van der Waals surface area contributed by atoms with Gasteiger partial charge in [-0.3, -0.25) is 0 Å². The maximum absolute atomic E-state index is 10.3. The van der Waals surface area contributed by atoms with Gasteiger partial charge in [-0.25, -0.2) is 9.36 Å². The molecule has 46 heavy (non-hydrogen) atoms. The van der Waals surface area contributed by atoms with E-state index < -0.39 is 60.8 Å². The molecule has 10 atom stereocenters. The fourth-order valence-electron chi connectivity index (χ4n) is 6.23. The van der Waals surface area contributed by atoms with Crippen molar-refractivity contribution in [1.82, 2.24) is 30.0 Å². The second-order valence-corrected chi connectivity index (χ2v) is 12.6. The molecule has 16 heteroatoms. The minimum atomic E-state index is -1.10. The highest BCUT2D eigenvalue weighted by atomic mass is 16.5. The first-order valence-corrected chi connectivity index (χ1v) is 15.9.